The Morgan fingerprint density at radius 3 is 2.93 bits per heavy atom. The lowest BCUT2D eigenvalue weighted by Crippen LogP contribution is -2.41. The maximum Gasteiger partial charge on any atom is 0.253 e. The van der Waals surface area contributed by atoms with Gasteiger partial charge in [-0.25, -0.2) is 0 Å². The molecule has 0 aromatic heterocycles. The van der Waals surface area contributed by atoms with Crippen LogP contribution in [0.4, 0.5) is 5.69 Å². The SMILES string of the molecule is O=C1COCCN1c1ccc(Cl)cc1O. The number of hydrogen-bond acceptors (Lipinski definition) is 3. The molecule has 4 nitrogen and oxygen atoms in total. The van der Waals surface area contributed by atoms with Gasteiger partial charge in [-0.1, -0.05) is 11.6 Å². The second-order valence-electron chi connectivity index (χ2n) is 3.23. The Balaban J connectivity index is 2.31. The topological polar surface area (TPSA) is 49.8 Å². The minimum Gasteiger partial charge on any atom is -0.506 e. The van der Waals surface area contributed by atoms with E-state index in [2.05, 4.69) is 0 Å². The van der Waals surface area contributed by atoms with Crippen LogP contribution in [0.1, 0.15) is 0 Å². The first kappa shape index (κ1) is 10.3. The van der Waals surface area contributed by atoms with E-state index in [9.17, 15) is 9.90 Å². The first-order chi connectivity index (χ1) is 7.18. The zero-order valence-electron chi connectivity index (χ0n) is 7.94. The van der Waals surface area contributed by atoms with Gasteiger partial charge in [-0.15, -0.1) is 0 Å². The molecule has 15 heavy (non-hydrogen) atoms. The van der Waals surface area contributed by atoms with Gasteiger partial charge in [0, 0.05) is 17.6 Å². The Hall–Kier alpha value is -1.26. The lowest BCUT2D eigenvalue weighted by molar-refractivity contribution is -0.125. The molecule has 2 rings (SSSR count). The lowest BCUT2D eigenvalue weighted by atomic mass is 10.2. The minimum atomic E-state index is -0.154. The van der Waals surface area contributed by atoms with Gasteiger partial charge >= 0.3 is 0 Å². The van der Waals surface area contributed by atoms with Gasteiger partial charge in [0.1, 0.15) is 12.4 Å². The van der Waals surface area contributed by atoms with Crippen molar-refractivity contribution >= 4 is 23.2 Å². The highest BCUT2D eigenvalue weighted by Crippen LogP contribution is 2.30. The Morgan fingerprint density at radius 2 is 2.27 bits per heavy atom. The third kappa shape index (κ3) is 2.06. The molecule has 1 fully saturated rings. The summed E-state index contributed by atoms with van der Waals surface area (Å²) < 4.78 is 5.00. The van der Waals surface area contributed by atoms with Gasteiger partial charge in [0.15, 0.2) is 0 Å². The second-order valence-corrected chi connectivity index (χ2v) is 3.67. The summed E-state index contributed by atoms with van der Waals surface area (Å²) >= 11 is 5.70. The van der Waals surface area contributed by atoms with Crippen molar-refractivity contribution in [3.05, 3.63) is 23.2 Å². The van der Waals surface area contributed by atoms with Gasteiger partial charge in [0.05, 0.1) is 12.3 Å². The predicted molar refractivity (Wildman–Crippen MR) is 56.3 cm³/mol. The molecule has 0 aliphatic carbocycles. The van der Waals surface area contributed by atoms with E-state index in [1.165, 1.54) is 11.0 Å². The van der Waals surface area contributed by atoms with Crippen molar-refractivity contribution in [1.82, 2.24) is 0 Å². The molecule has 1 aliphatic rings. The van der Waals surface area contributed by atoms with Crippen LogP contribution >= 0.6 is 11.6 Å². The fraction of sp³-hybridized carbons (Fsp3) is 0.300. The van der Waals surface area contributed by atoms with Crippen molar-refractivity contribution in [2.45, 2.75) is 0 Å². The molecule has 0 spiro atoms. The average molecular weight is 228 g/mol. The first-order valence-electron chi connectivity index (χ1n) is 4.55. The van der Waals surface area contributed by atoms with Gasteiger partial charge < -0.3 is 14.7 Å². The summed E-state index contributed by atoms with van der Waals surface area (Å²) in [5.41, 5.74) is 0.479. The highest BCUT2D eigenvalue weighted by Gasteiger charge is 2.22. The number of anilines is 1. The van der Waals surface area contributed by atoms with Crippen LogP contribution in [-0.4, -0.2) is 30.8 Å². The second kappa shape index (κ2) is 4.08. The molecular formula is C10H10ClNO3. The van der Waals surface area contributed by atoms with E-state index in [0.717, 1.165) is 0 Å². The van der Waals surface area contributed by atoms with Crippen LogP contribution in [0.3, 0.4) is 0 Å². The van der Waals surface area contributed by atoms with Crippen LogP contribution in [0.5, 0.6) is 5.75 Å². The number of ether oxygens (including phenoxy) is 1. The molecule has 1 amide bonds. The number of halogens is 1. The van der Waals surface area contributed by atoms with Crippen molar-refractivity contribution < 1.29 is 14.6 Å². The number of amides is 1. The summed E-state index contributed by atoms with van der Waals surface area (Å²) in [4.78, 5) is 13.0. The molecule has 0 saturated carbocycles. The molecule has 80 valence electrons. The predicted octanol–water partition coefficient (Wildman–Crippen LogP) is 1.41. The summed E-state index contributed by atoms with van der Waals surface area (Å²) in [5.74, 6) is -0.142. The molecule has 1 aromatic rings. The van der Waals surface area contributed by atoms with E-state index in [1.807, 2.05) is 0 Å². The number of aromatic hydroxyl groups is 1. The number of phenolic OH excluding ortho intramolecular Hbond substituents is 1. The van der Waals surface area contributed by atoms with Crippen LogP contribution in [0.15, 0.2) is 18.2 Å². The highest BCUT2D eigenvalue weighted by atomic mass is 35.5. The monoisotopic (exact) mass is 227 g/mol. The van der Waals surface area contributed by atoms with Crippen LogP contribution < -0.4 is 4.90 Å². The summed E-state index contributed by atoms with van der Waals surface area (Å²) in [7, 11) is 0. The number of rotatable bonds is 1. The fourth-order valence-corrected chi connectivity index (χ4v) is 1.66. The van der Waals surface area contributed by atoms with Crippen molar-refractivity contribution in [2.24, 2.45) is 0 Å². The van der Waals surface area contributed by atoms with E-state index in [4.69, 9.17) is 16.3 Å². The molecule has 5 heteroatoms. The molecule has 0 bridgehead atoms. The van der Waals surface area contributed by atoms with Gasteiger partial charge in [-0.05, 0) is 12.1 Å². The van der Waals surface area contributed by atoms with Crippen LogP contribution in [-0.2, 0) is 9.53 Å². The van der Waals surface area contributed by atoms with E-state index >= 15 is 0 Å². The first-order valence-corrected chi connectivity index (χ1v) is 4.93. The number of morpholine rings is 1. The van der Waals surface area contributed by atoms with E-state index in [0.29, 0.717) is 23.9 Å². The molecule has 1 saturated heterocycles. The zero-order chi connectivity index (χ0) is 10.8. The van der Waals surface area contributed by atoms with Crippen molar-refractivity contribution in [1.29, 1.82) is 0 Å². The molecule has 1 heterocycles. The minimum absolute atomic E-state index is 0.0118. The van der Waals surface area contributed by atoms with E-state index in [-0.39, 0.29) is 18.3 Å². The molecule has 1 aliphatic heterocycles. The smallest absolute Gasteiger partial charge is 0.253 e. The standard InChI is InChI=1S/C10H10ClNO3/c11-7-1-2-8(9(13)5-7)12-3-4-15-6-10(12)14/h1-2,5,13H,3-4,6H2. The molecule has 1 aromatic carbocycles. The summed E-state index contributed by atoms with van der Waals surface area (Å²) in [5, 5.41) is 10.1. The van der Waals surface area contributed by atoms with Crippen molar-refractivity contribution in [3.63, 3.8) is 0 Å². The Labute approximate surface area is 92.0 Å². The molecule has 0 unspecified atom stereocenters. The summed E-state index contributed by atoms with van der Waals surface area (Å²) in [6.45, 7) is 0.990. The normalized spacial score (nSPS) is 16.9. The molecule has 1 N–H and O–H groups in total. The Morgan fingerprint density at radius 1 is 1.47 bits per heavy atom. The Kier molecular flexibility index (Phi) is 2.79. The maximum atomic E-state index is 11.5. The zero-order valence-corrected chi connectivity index (χ0v) is 8.70. The van der Waals surface area contributed by atoms with Gasteiger partial charge in [0.25, 0.3) is 5.91 Å². The molecular weight excluding hydrogens is 218 g/mol. The van der Waals surface area contributed by atoms with E-state index < -0.39 is 0 Å². The van der Waals surface area contributed by atoms with E-state index in [1.54, 1.807) is 12.1 Å². The third-order valence-electron chi connectivity index (χ3n) is 2.21. The largest absolute Gasteiger partial charge is 0.506 e. The van der Waals surface area contributed by atoms with Crippen molar-refractivity contribution in [3.8, 4) is 5.75 Å². The Bertz CT molecular complexity index is 394. The summed E-state index contributed by atoms with van der Waals surface area (Å²) in [6.07, 6.45) is 0. The highest BCUT2D eigenvalue weighted by molar-refractivity contribution is 6.30. The number of nitrogens with zero attached hydrogens (tertiary/aromatic N) is 1. The van der Waals surface area contributed by atoms with Crippen LogP contribution in [0.25, 0.3) is 0 Å². The van der Waals surface area contributed by atoms with Crippen LogP contribution in [0.2, 0.25) is 5.02 Å². The number of benzene rings is 1. The number of phenols is 1. The number of carbonyl (C=O) groups is 1. The molecule has 0 radical (unpaired) electrons. The third-order valence-corrected chi connectivity index (χ3v) is 2.45. The van der Waals surface area contributed by atoms with Crippen molar-refractivity contribution in [2.75, 3.05) is 24.7 Å². The number of hydrogen-bond donors (Lipinski definition) is 1. The molecule has 0 atom stereocenters. The quantitative estimate of drug-likeness (QED) is 0.789. The maximum absolute atomic E-state index is 11.5. The fourth-order valence-electron chi connectivity index (χ4n) is 1.50. The van der Waals surface area contributed by atoms with Gasteiger partial charge in [0.2, 0.25) is 0 Å². The van der Waals surface area contributed by atoms with Gasteiger partial charge in [-0.3, -0.25) is 4.79 Å². The summed E-state index contributed by atoms with van der Waals surface area (Å²) in [6, 6.07) is 4.68. The number of carbonyl (C=O) groups excluding carboxylic acids is 1. The van der Waals surface area contributed by atoms with Crippen LogP contribution in [0, 0.1) is 0 Å². The lowest BCUT2D eigenvalue weighted by Gasteiger charge is -2.27. The average Bonchev–Trinajstić information content (AvgIpc) is 2.20. The van der Waals surface area contributed by atoms with Gasteiger partial charge in [-0.2, -0.15) is 0 Å².